The maximum atomic E-state index is 9.62. The number of fused-ring (bicyclic) bond motifs is 8. The molecule has 21 rings (SSSR count). The zero-order valence-corrected chi connectivity index (χ0v) is 92.5. The monoisotopic (exact) mass is 1910 g/mol. The minimum absolute atomic E-state index is 0. The molecule has 0 aliphatic heterocycles. The van der Waals surface area contributed by atoms with Crippen molar-refractivity contribution in [3.05, 3.63) is 296 Å². The van der Waals surface area contributed by atoms with Crippen LogP contribution in [0.25, 0.3) is 142 Å². The van der Waals surface area contributed by atoms with Gasteiger partial charge >= 0.3 is 103 Å². The first kappa shape index (κ1) is 101. The number of rotatable bonds is 12. The number of benzene rings is 16. The number of furan rings is 1. The van der Waals surface area contributed by atoms with Crippen molar-refractivity contribution < 1.29 is 139 Å². The Balaban J connectivity index is 0.000000169. The molecule has 1 heterocycles. The van der Waals surface area contributed by atoms with Crippen molar-refractivity contribution in [2.75, 3.05) is 6.66 Å². The summed E-state index contributed by atoms with van der Waals surface area (Å²) in [6, 6.07) is 84.7. The van der Waals surface area contributed by atoms with E-state index in [1.165, 1.54) is 164 Å². The molecule has 0 radical (unpaired) electrons. The summed E-state index contributed by atoms with van der Waals surface area (Å²) in [5.74, 6) is 2.63. The number of aryl methyl sites for hydroxylation is 4. The Kier molecular flexibility index (Phi) is 31.5. The van der Waals surface area contributed by atoms with Gasteiger partial charge in [0.2, 0.25) is 0 Å². The summed E-state index contributed by atoms with van der Waals surface area (Å²) in [5, 5.41) is 26.2. The molecule has 136 heavy (non-hydrogen) atoms. The number of hydrogen-bond acceptors (Lipinski definition) is 7. The number of Topliss-reactive ketones (excluding diaryl/α,β-unsaturated/α-hetero) is 1. The van der Waals surface area contributed by atoms with Gasteiger partial charge in [-0.05, 0) is 365 Å². The van der Waals surface area contributed by atoms with Gasteiger partial charge in [0, 0.05) is 58.4 Å². The second kappa shape index (κ2) is 42.3. The summed E-state index contributed by atoms with van der Waals surface area (Å²) < 4.78 is 26.9. The van der Waals surface area contributed by atoms with Crippen LogP contribution in [0.3, 0.4) is 0 Å². The standard InChI is InChI=1S/C51H44O.C50H44Cl2O2.C19H36P.C3H6O.CH2O3.2K.H/c1-28-11-9-13-30(19-28)36-24-43-38-21-32-15-16-33(50(3,4)5)22-35(32)39(38)26-41-37(31-14-10-12-29(2)20-31)25-45-48(47(41)43)42(36)27-44-40-23-34(51(6,7)8)17-18-46(40)52-49(44)45;1-29-11-9-13-31(23-29)37-27-39-43(53-45-19-15-33(25-41(45)51)49(3,4)5)22-18-36-38(32-14-10-12-30(2)24-32)28-40-44(21-17-35(37)47(40)48(36)39)54-46-20-16-34(26-42(46)52)50(6,7)8;1-20(17-11-5-2-6-12-17,18-13-7-3-8-14-18)19-15-9-4-10-16-19;1-3(2)4;2-1-4-3;;;/h9-20,22-27H,21H2,1-8H3;9-28H,1-8H3;17-19H,2-16H2,1H3;1-2H3;1,3H;;;/q;;+1;;;2*+1;-1/p-1/i;;;1D;;;;. The van der Waals surface area contributed by atoms with E-state index in [1.807, 2.05) is 24.3 Å². The molecule has 690 valence electrons. The van der Waals surface area contributed by atoms with Crippen LogP contribution in [0.15, 0.2) is 235 Å². The van der Waals surface area contributed by atoms with Crippen LogP contribution in [-0.2, 0) is 42.6 Å². The fourth-order valence-electron chi connectivity index (χ4n) is 22.4. The molecule has 0 N–H and O–H groups in total. The third-order valence-electron chi connectivity index (χ3n) is 29.5. The Morgan fingerprint density at radius 1 is 0.390 bits per heavy atom. The predicted octanol–water partition coefficient (Wildman–Crippen LogP) is 30.4. The number of ether oxygens (including phenoxy) is 2. The Morgan fingerprint density at radius 3 is 1.12 bits per heavy atom. The van der Waals surface area contributed by atoms with Crippen molar-refractivity contribution in [3.8, 4) is 78.6 Å². The molecule has 0 saturated heterocycles. The van der Waals surface area contributed by atoms with Gasteiger partial charge in [0.25, 0.3) is 6.47 Å². The molecule has 3 saturated carbocycles. The van der Waals surface area contributed by atoms with Crippen LogP contribution < -0.4 is 118 Å². The maximum absolute atomic E-state index is 9.62. The van der Waals surface area contributed by atoms with Gasteiger partial charge in [-0.3, -0.25) is 4.79 Å². The third kappa shape index (κ3) is 21.3. The first-order valence-corrected chi connectivity index (χ1v) is 51.9. The summed E-state index contributed by atoms with van der Waals surface area (Å²) >= 11 is 13.9. The molecule has 0 spiro atoms. The third-order valence-corrected chi connectivity index (χ3v) is 36.3. The van der Waals surface area contributed by atoms with E-state index in [4.69, 9.17) is 48.5 Å². The fourth-order valence-corrected chi connectivity index (χ4v) is 29.0. The number of ketones is 1. The van der Waals surface area contributed by atoms with Crippen molar-refractivity contribution in [2.24, 2.45) is 0 Å². The van der Waals surface area contributed by atoms with E-state index in [-0.39, 0.29) is 145 Å². The minimum atomic E-state index is -0.696. The van der Waals surface area contributed by atoms with Gasteiger partial charge in [-0.2, -0.15) is 0 Å². The largest absolute Gasteiger partial charge is 1.00 e. The van der Waals surface area contributed by atoms with Crippen molar-refractivity contribution in [3.63, 3.8) is 0 Å². The predicted molar refractivity (Wildman–Crippen MR) is 572 cm³/mol. The molecule has 3 fully saturated rings. The van der Waals surface area contributed by atoms with Gasteiger partial charge in [0.1, 0.15) is 39.9 Å². The number of hydrogen-bond donors (Lipinski definition) is 0. The smallest absolute Gasteiger partial charge is 1.00 e. The summed E-state index contributed by atoms with van der Waals surface area (Å²) in [4.78, 5) is 20.9. The van der Waals surface area contributed by atoms with Gasteiger partial charge in [-0.1, -0.05) is 281 Å². The molecular weight excluding hydrogens is 1780 g/mol. The molecule has 4 aliphatic carbocycles. The SMILES string of the molecule is C[P+](C1CCCCC1)(C1CCCCC1)C1CCCCC1.Cc1cccc(-c2cc3c(Oc4ccc(C(C)(C)C)cc4Cl)ccc4c(-c5cccc(C)c5)cc5c(Oc6ccc(C(C)(C)C)cc6Cl)ccc2c5c34)c1.Cc1cccc(-c2cc3c4oc5ccc(C(C)(C)C)cc5c4cc4c(-c5cccc(C)c5)cc5c6c(cc2c5c43)-c2cc(C(C)(C)C)ccc2C6)c1.O=CO[O-].[2H]CC(C)=O.[H-].[K+].[K+]. The molecule has 16 aromatic carbocycles. The maximum Gasteiger partial charge on any atom is 1.00 e. The summed E-state index contributed by atoms with van der Waals surface area (Å²) in [5.41, 5.74) is 30.6. The van der Waals surface area contributed by atoms with E-state index < -0.39 is 7.26 Å². The van der Waals surface area contributed by atoms with Crippen LogP contribution in [0.5, 0.6) is 23.0 Å². The van der Waals surface area contributed by atoms with E-state index in [9.17, 15) is 4.79 Å². The molecule has 0 amide bonds. The molecule has 0 bridgehead atoms. The summed E-state index contributed by atoms with van der Waals surface area (Å²) in [7, 11) is -0.696. The van der Waals surface area contributed by atoms with E-state index in [0.29, 0.717) is 21.5 Å². The van der Waals surface area contributed by atoms with Crippen LogP contribution in [0.1, 0.15) is 252 Å². The first-order chi connectivity index (χ1) is 64.5. The molecule has 7 nitrogen and oxygen atoms in total. The molecule has 1 aromatic heterocycles. The van der Waals surface area contributed by atoms with Gasteiger partial charge < -0.3 is 30.3 Å². The van der Waals surface area contributed by atoms with Crippen LogP contribution >= 0.6 is 30.5 Å². The van der Waals surface area contributed by atoms with Crippen LogP contribution in [0.4, 0.5) is 0 Å². The van der Waals surface area contributed by atoms with Crippen molar-refractivity contribution in [1.82, 2.24) is 0 Å². The van der Waals surface area contributed by atoms with E-state index in [1.54, 1.807) is 77.0 Å². The van der Waals surface area contributed by atoms with Gasteiger partial charge in [0.05, 0.1) is 27.0 Å². The normalized spacial score (nSPS) is 14.6. The molecule has 0 atom stereocenters. The Bertz CT molecular complexity index is 7100. The van der Waals surface area contributed by atoms with Gasteiger partial charge in [0.15, 0.2) is 0 Å². The molecule has 0 unspecified atom stereocenters. The Morgan fingerprint density at radius 2 is 0.728 bits per heavy atom. The Hall–Kier alpha value is -7.62. The first-order valence-electron chi connectivity index (χ1n) is 49.4. The van der Waals surface area contributed by atoms with Crippen molar-refractivity contribution in [2.45, 2.75) is 266 Å². The van der Waals surface area contributed by atoms with E-state index >= 15 is 0 Å². The minimum Gasteiger partial charge on any atom is -1.00 e. The summed E-state index contributed by atoms with van der Waals surface area (Å²) in [6.45, 7) is 39.6. The van der Waals surface area contributed by atoms with E-state index in [2.05, 4.69) is 329 Å². The number of carbonyl (C=O) groups is 2. The second-order valence-electron chi connectivity index (χ2n) is 43.2. The number of halogens is 2. The van der Waals surface area contributed by atoms with Gasteiger partial charge in [-0.15, -0.1) is 0 Å². The topological polar surface area (TPSA) is 98.0 Å². The van der Waals surface area contributed by atoms with Crippen LogP contribution in [0.2, 0.25) is 10.0 Å². The zero-order valence-electron chi connectivity index (χ0n) is 85.8. The van der Waals surface area contributed by atoms with Crippen LogP contribution in [0, 0.1) is 27.7 Å². The quantitative estimate of drug-likeness (QED) is 0.0300. The average molecular weight is 1920 g/mol. The van der Waals surface area contributed by atoms with Crippen molar-refractivity contribution in [1.29, 1.82) is 0 Å². The average Bonchev–Trinajstić information content (AvgIpc) is 1.46. The number of carbonyl (C=O) groups excluding carboxylic acids is 2. The fraction of sp³-hybridized carbons (Fsp3) is 0.339. The zero-order chi connectivity index (χ0) is 95.5. The van der Waals surface area contributed by atoms with Crippen LogP contribution in [-0.4, -0.2) is 35.9 Å². The molecule has 12 heteroatoms. The van der Waals surface area contributed by atoms with Crippen molar-refractivity contribution >= 4 is 129 Å². The summed E-state index contributed by atoms with van der Waals surface area (Å²) in [6.07, 6.45) is 24.5. The second-order valence-corrected chi connectivity index (χ2v) is 48.6. The molecule has 4 aliphatic rings. The molecular formula is C124H132Cl2K2O7P+. The van der Waals surface area contributed by atoms with Gasteiger partial charge in [-0.25, -0.2) is 0 Å². The van der Waals surface area contributed by atoms with E-state index in [0.717, 1.165) is 94.8 Å². The molecule has 17 aromatic rings. The Labute approximate surface area is 905 Å².